The van der Waals surface area contributed by atoms with Crippen molar-refractivity contribution in [3.8, 4) is 5.82 Å². The maximum Gasteiger partial charge on any atom is 0.224 e. The van der Waals surface area contributed by atoms with Crippen molar-refractivity contribution in [3.05, 3.63) is 70.4 Å². The van der Waals surface area contributed by atoms with E-state index in [0.717, 1.165) is 55.7 Å². The molecule has 3 aromatic rings. The summed E-state index contributed by atoms with van der Waals surface area (Å²) in [5.74, 6) is -0.453. The average molecular weight is 461 g/mol. The molecule has 170 valence electrons. The van der Waals surface area contributed by atoms with Crippen LogP contribution in [0.2, 0.25) is 5.28 Å². The lowest BCUT2D eigenvalue weighted by molar-refractivity contribution is 0.284. The fourth-order valence-corrected chi connectivity index (χ4v) is 3.90. The summed E-state index contributed by atoms with van der Waals surface area (Å²) in [7, 11) is 0. The van der Waals surface area contributed by atoms with Gasteiger partial charge in [-0.05, 0) is 37.6 Å². The van der Waals surface area contributed by atoms with Gasteiger partial charge in [-0.25, -0.2) is 18.4 Å². The van der Waals surface area contributed by atoms with Gasteiger partial charge in [0.15, 0.2) is 5.82 Å². The van der Waals surface area contributed by atoms with Crippen molar-refractivity contribution in [2.45, 2.75) is 21.3 Å². The highest BCUT2D eigenvalue weighted by atomic mass is 35.5. The number of aryl methyl sites for hydroxylation is 1. The molecule has 0 amide bonds. The molecule has 1 aliphatic rings. The van der Waals surface area contributed by atoms with Crippen LogP contribution in [0.25, 0.3) is 11.9 Å². The van der Waals surface area contributed by atoms with Gasteiger partial charge in [0.2, 0.25) is 5.28 Å². The molecule has 2 aromatic heterocycles. The number of hydrogen-bond acceptors (Lipinski definition) is 5. The van der Waals surface area contributed by atoms with Crippen molar-refractivity contribution >= 4 is 23.4 Å². The van der Waals surface area contributed by atoms with Crippen molar-refractivity contribution in [2.75, 3.05) is 37.6 Å². The van der Waals surface area contributed by atoms with Gasteiger partial charge in [-0.2, -0.15) is 10.1 Å². The molecule has 0 N–H and O–H groups in total. The second-order valence-electron chi connectivity index (χ2n) is 7.55. The molecule has 4 rings (SSSR count). The van der Waals surface area contributed by atoms with Crippen molar-refractivity contribution in [1.29, 1.82) is 0 Å². The maximum absolute atomic E-state index is 13.5. The summed E-state index contributed by atoms with van der Waals surface area (Å²) in [5.41, 5.74) is 3.34. The van der Waals surface area contributed by atoms with Gasteiger partial charge in [-0.1, -0.05) is 19.6 Å². The van der Waals surface area contributed by atoms with Crippen LogP contribution in [-0.2, 0) is 0 Å². The molecule has 0 bridgehead atoms. The minimum atomic E-state index is -0.546. The van der Waals surface area contributed by atoms with Gasteiger partial charge in [-0.15, -0.1) is 0 Å². The Morgan fingerprint density at radius 1 is 1.00 bits per heavy atom. The molecule has 32 heavy (non-hydrogen) atoms. The Bertz CT molecular complexity index is 1070. The third kappa shape index (κ3) is 5.49. The highest BCUT2D eigenvalue weighted by Gasteiger charge is 2.17. The van der Waals surface area contributed by atoms with Crippen LogP contribution in [-0.4, -0.2) is 57.4 Å². The molecule has 0 saturated carbocycles. The lowest BCUT2D eigenvalue weighted by Gasteiger charge is -2.35. The second-order valence-corrected chi connectivity index (χ2v) is 7.89. The van der Waals surface area contributed by atoms with E-state index in [1.165, 1.54) is 12.1 Å². The van der Waals surface area contributed by atoms with Crippen molar-refractivity contribution in [2.24, 2.45) is 0 Å². The molecule has 0 aliphatic carbocycles. The van der Waals surface area contributed by atoms with E-state index < -0.39 is 11.6 Å². The number of benzene rings is 1. The smallest absolute Gasteiger partial charge is 0.224 e. The first kappa shape index (κ1) is 23.8. The lowest BCUT2D eigenvalue weighted by atomic mass is 10.2. The van der Waals surface area contributed by atoms with Gasteiger partial charge >= 0.3 is 0 Å². The molecule has 0 unspecified atom stereocenters. The van der Waals surface area contributed by atoms with E-state index in [1.54, 1.807) is 10.9 Å². The van der Waals surface area contributed by atoms with Crippen LogP contribution in [0.5, 0.6) is 0 Å². The first-order valence-corrected chi connectivity index (χ1v) is 10.4. The van der Waals surface area contributed by atoms with Crippen molar-refractivity contribution in [3.63, 3.8) is 0 Å². The fourth-order valence-electron chi connectivity index (χ4n) is 3.68. The predicted octanol–water partition coefficient (Wildman–Crippen LogP) is 4.68. The third-order valence-corrected chi connectivity index (χ3v) is 5.49. The number of aromatic nitrogens is 4. The number of rotatable bonds is 5. The number of anilines is 1. The molecule has 9 heteroatoms. The fraction of sp³-hybridized carbons (Fsp3) is 0.348. The van der Waals surface area contributed by atoms with E-state index in [4.69, 9.17) is 11.6 Å². The Hall–Kier alpha value is -2.84. The molecule has 1 aliphatic heterocycles. The number of halogens is 3. The normalized spacial score (nSPS) is 14.7. The zero-order chi connectivity index (χ0) is 22.0. The first-order chi connectivity index (χ1) is 14.9. The average Bonchev–Trinajstić information content (AvgIpc) is 3.07. The second kappa shape index (κ2) is 10.2. The Morgan fingerprint density at radius 2 is 1.69 bits per heavy atom. The molecule has 6 nitrogen and oxygen atoms in total. The Balaban J connectivity index is 0.00000289. The molecule has 1 aromatic carbocycles. The minimum absolute atomic E-state index is 0. The van der Waals surface area contributed by atoms with E-state index in [9.17, 15) is 8.78 Å². The van der Waals surface area contributed by atoms with Crippen LogP contribution in [0.4, 0.5) is 14.5 Å². The van der Waals surface area contributed by atoms with E-state index >= 15 is 0 Å². The number of piperazine rings is 1. The Kier molecular flexibility index (Phi) is 7.58. The summed E-state index contributed by atoms with van der Waals surface area (Å²) in [6, 6.07) is 5.50. The molecular formula is C23H27ClF2N6. The van der Waals surface area contributed by atoms with Crippen LogP contribution in [0.1, 0.15) is 24.4 Å². The minimum Gasteiger partial charge on any atom is -0.369 e. The molecular weight excluding hydrogens is 434 g/mol. The summed E-state index contributed by atoms with van der Waals surface area (Å²) in [6.07, 6.45) is 5.94. The zero-order valence-corrected chi connectivity index (χ0v) is 18.2. The molecule has 0 spiro atoms. The number of nitrogens with zero attached hydrogens (tertiary/aromatic N) is 6. The summed E-state index contributed by atoms with van der Waals surface area (Å²) in [5, 5.41) is 4.62. The summed E-state index contributed by atoms with van der Waals surface area (Å²) >= 11 is 5.97. The number of hydrogen-bond donors (Lipinski definition) is 0. The van der Waals surface area contributed by atoms with Crippen LogP contribution in [0.15, 0.2) is 36.5 Å². The lowest BCUT2D eigenvalue weighted by Crippen LogP contribution is -2.46. The quantitative estimate of drug-likeness (QED) is 0.517. The van der Waals surface area contributed by atoms with Gasteiger partial charge in [0, 0.05) is 61.8 Å². The topological polar surface area (TPSA) is 50.1 Å². The summed E-state index contributed by atoms with van der Waals surface area (Å²) in [4.78, 5) is 12.6. The van der Waals surface area contributed by atoms with Crippen LogP contribution >= 0.6 is 11.6 Å². The molecule has 0 atom stereocenters. The standard InChI is InChI=1S/C22H23ClF2N6.CH4/c1-15-10-21(28-22(23)27-15)31-16(2)17(14-26-31)4-3-5-29-6-8-30(9-7-29)20-12-18(24)11-19(25)13-20;/h3-4,10-14H,5-9H2,1-2H3;1H4/b4-3+;. The summed E-state index contributed by atoms with van der Waals surface area (Å²) < 4.78 is 28.7. The van der Waals surface area contributed by atoms with Crippen LogP contribution < -0.4 is 4.90 Å². The largest absolute Gasteiger partial charge is 0.369 e. The van der Waals surface area contributed by atoms with E-state index in [1.807, 2.05) is 30.9 Å². The van der Waals surface area contributed by atoms with Crippen molar-refractivity contribution in [1.82, 2.24) is 24.6 Å². The van der Waals surface area contributed by atoms with E-state index in [2.05, 4.69) is 26.0 Å². The van der Waals surface area contributed by atoms with Gasteiger partial charge in [-0.3, -0.25) is 4.90 Å². The Morgan fingerprint density at radius 3 is 2.34 bits per heavy atom. The molecule has 1 fully saturated rings. The molecule has 0 radical (unpaired) electrons. The van der Waals surface area contributed by atoms with Crippen LogP contribution in [0.3, 0.4) is 0 Å². The highest BCUT2D eigenvalue weighted by Crippen LogP contribution is 2.20. The first-order valence-electron chi connectivity index (χ1n) is 10.0. The van der Waals surface area contributed by atoms with Gasteiger partial charge in [0.05, 0.1) is 11.9 Å². The SMILES string of the molecule is C.Cc1cc(-n2ncc(/C=C/CN3CCN(c4cc(F)cc(F)c4)CC3)c2C)nc(Cl)n1. The predicted molar refractivity (Wildman–Crippen MR) is 124 cm³/mol. The van der Waals surface area contributed by atoms with Crippen LogP contribution in [0, 0.1) is 25.5 Å². The van der Waals surface area contributed by atoms with E-state index in [-0.39, 0.29) is 12.7 Å². The third-order valence-electron chi connectivity index (χ3n) is 5.32. The summed E-state index contributed by atoms with van der Waals surface area (Å²) in [6.45, 7) is 7.71. The maximum atomic E-state index is 13.5. The highest BCUT2D eigenvalue weighted by molar-refractivity contribution is 6.28. The molecule has 1 saturated heterocycles. The molecule has 3 heterocycles. The Labute approximate surface area is 192 Å². The van der Waals surface area contributed by atoms with Gasteiger partial charge in [0.25, 0.3) is 0 Å². The monoisotopic (exact) mass is 460 g/mol. The van der Waals surface area contributed by atoms with E-state index in [0.29, 0.717) is 11.5 Å². The zero-order valence-electron chi connectivity index (χ0n) is 17.4. The van der Waals surface area contributed by atoms with Gasteiger partial charge < -0.3 is 4.90 Å². The van der Waals surface area contributed by atoms with Crippen molar-refractivity contribution < 1.29 is 8.78 Å². The van der Waals surface area contributed by atoms with Gasteiger partial charge in [0.1, 0.15) is 11.6 Å².